The molecule has 0 heterocycles. The summed E-state index contributed by atoms with van der Waals surface area (Å²) in [5.41, 5.74) is 2.88. The Kier molecular flexibility index (Phi) is 6.20. The number of nitrogens with one attached hydrogen (secondary N) is 1. The fourth-order valence-corrected chi connectivity index (χ4v) is 3.64. The number of carboxylic acids is 1. The third-order valence-electron chi connectivity index (χ3n) is 4.87. The van der Waals surface area contributed by atoms with Crippen molar-refractivity contribution < 1.29 is 23.1 Å². The number of allylic oxidation sites excluding steroid dienone is 2. The number of aliphatic carboxylic acids is 1. The Bertz CT molecular complexity index is 828. The number of rotatable bonds is 6. The number of carbonyl (C=O) groups is 2. The highest BCUT2D eigenvalue weighted by molar-refractivity contribution is 7.89. The van der Waals surface area contributed by atoms with Crippen molar-refractivity contribution in [2.75, 3.05) is 6.54 Å². The van der Waals surface area contributed by atoms with E-state index >= 15 is 0 Å². The topological polar surface area (TPSA) is 129 Å². The van der Waals surface area contributed by atoms with Crippen molar-refractivity contribution in [3.63, 3.8) is 0 Å². The summed E-state index contributed by atoms with van der Waals surface area (Å²) in [7, 11) is -3.73. The Hall–Kier alpha value is -2.19. The maximum atomic E-state index is 12.4. The van der Waals surface area contributed by atoms with E-state index in [9.17, 15) is 23.1 Å². The number of benzene rings is 1. The first-order valence-electron chi connectivity index (χ1n) is 8.35. The average Bonchev–Trinajstić information content (AvgIpc) is 2.56. The van der Waals surface area contributed by atoms with Crippen LogP contribution in [0.25, 0.3) is 0 Å². The summed E-state index contributed by atoms with van der Waals surface area (Å²) in [6.07, 6.45) is 1.24. The highest BCUT2D eigenvalue weighted by Crippen LogP contribution is 2.33. The second-order valence-corrected chi connectivity index (χ2v) is 8.29. The molecule has 142 valence electrons. The molecule has 0 bridgehead atoms. The molecular formula is C18H23N2O5S-. The molecule has 0 saturated carbocycles. The molecule has 1 amide bonds. The summed E-state index contributed by atoms with van der Waals surface area (Å²) in [5, 5.41) is 19.2. The van der Waals surface area contributed by atoms with Crippen LogP contribution in [0.3, 0.4) is 0 Å². The van der Waals surface area contributed by atoms with Crippen molar-refractivity contribution in [1.29, 1.82) is 0 Å². The van der Waals surface area contributed by atoms with Crippen molar-refractivity contribution >= 4 is 21.9 Å². The summed E-state index contributed by atoms with van der Waals surface area (Å²) in [6, 6.07) is 6.09. The lowest BCUT2D eigenvalue weighted by atomic mass is 9.76. The molecule has 0 unspecified atom stereocenters. The van der Waals surface area contributed by atoms with Crippen LogP contribution >= 0.6 is 0 Å². The van der Waals surface area contributed by atoms with Crippen LogP contribution < -0.4 is 15.6 Å². The Labute approximate surface area is 153 Å². The van der Waals surface area contributed by atoms with Crippen LogP contribution in [0.15, 0.2) is 40.3 Å². The largest absolute Gasteiger partial charge is 0.550 e. The van der Waals surface area contributed by atoms with Crippen LogP contribution in [0.1, 0.15) is 32.3 Å². The van der Waals surface area contributed by atoms with Crippen molar-refractivity contribution in [2.45, 2.75) is 38.0 Å². The summed E-state index contributed by atoms with van der Waals surface area (Å²) in [4.78, 5) is 23.8. The van der Waals surface area contributed by atoms with E-state index in [0.29, 0.717) is 25.8 Å². The minimum absolute atomic E-state index is 0.0296. The zero-order valence-corrected chi connectivity index (χ0v) is 15.6. The van der Waals surface area contributed by atoms with Crippen molar-refractivity contribution in [2.24, 2.45) is 17.0 Å². The van der Waals surface area contributed by atoms with Crippen LogP contribution in [-0.4, -0.2) is 26.8 Å². The van der Waals surface area contributed by atoms with Gasteiger partial charge in [-0.05, 0) is 50.8 Å². The van der Waals surface area contributed by atoms with Gasteiger partial charge in [-0.3, -0.25) is 4.79 Å². The number of carbonyl (C=O) groups excluding carboxylic acids is 2. The molecular weight excluding hydrogens is 356 g/mol. The van der Waals surface area contributed by atoms with Gasteiger partial charge in [0.1, 0.15) is 0 Å². The molecule has 1 aromatic carbocycles. The molecule has 1 aromatic rings. The summed E-state index contributed by atoms with van der Waals surface area (Å²) in [6.45, 7) is 4.12. The number of hydrogen-bond acceptors (Lipinski definition) is 5. The Morgan fingerprint density at radius 1 is 1.12 bits per heavy atom. The molecule has 0 saturated heterocycles. The Morgan fingerprint density at radius 2 is 1.65 bits per heavy atom. The second-order valence-electron chi connectivity index (χ2n) is 6.73. The SMILES string of the molecule is CC1=C(C)C[C@@H](C(=O)[O-])[C@@H](C(=O)NCCc2ccc(S(N)(=O)=O)cc2)C1. The third-order valence-corrected chi connectivity index (χ3v) is 5.80. The van der Waals surface area contributed by atoms with E-state index < -0.39 is 27.8 Å². The predicted molar refractivity (Wildman–Crippen MR) is 94.1 cm³/mol. The van der Waals surface area contributed by atoms with Crippen molar-refractivity contribution in [3.8, 4) is 0 Å². The predicted octanol–water partition coefficient (Wildman–Crippen LogP) is 0.105. The van der Waals surface area contributed by atoms with Gasteiger partial charge >= 0.3 is 0 Å². The zero-order valence-electron chi connectivity index (χ0n) is 14.8. The van der Waals surface area contributed by atoms with Gasteiger partial charge in [0.15, 0.2) is 0 Å². The smallest absolute Gasteiger partial charge is 0.238 e. The molecule has 3 N–H and O–H groups in total. The molecule has 1 aliphatic rings. The number of hydrogen-bond donors (Lipinski definition) is 2. The minimum Gasteiger partial charge on any atom is -0.550 e. The number of carboxylic acid groups (broad SMARTS) is 1. The van der Waals surface area contributed by atoms with E-state index in [1.165, 1.54) is 12.1 Å². The molecule has 0 aromatic heterocycles. The fourth-order valence-electron chi connectivity index (χ4n) is 3.12. The lowest BCUT2D eigenvalue weighted by molar-refractivity contribution is -0.313. The summed E-state index contributed by atoms with van der Waals surface area (Å²) in [5.74, 6) is -2.94. The van der Waals surface area contributed by atoms with Crippen LogP contribution in [0, 0.1) is 11.8 Å². The first-order chi connectivity index (χ1) is 12.1. The zero-order chi connectivity index (χ0) is 19.5. The monoisotopic (exact) mass is 379 g/mol. The van der Waals surface area contributed by atoms with E-state index in [0.717, 1.165) is 16.7 Å². The Morgan fingerprint density at radius 3 is 2.15 bits per heavy atom. The second kappa shape index (κ2) is 8.01. The van der Waals surface area contributed by atoms with Crippen LogP contribution in [0.2, 0.25) is 0 Å². The highest BCUT2D eigenvalue weighted by atomic mass is 32.2. The van der Waals surface area contributed by atoms with E-state index in [4.69, 9.17) is 5.14 Å². The van der Waals surface area contributed by atoms with Crippen LogP contribution in [-0.2, 0) is 26.0 Å². The van der Waals surface area contributed by atoms with Gasteiger partial charge < -0.3 is 15.2 Å². The van der Waals surface area contributed by atoms with Gasteiger partial charge in [0.2, 0.25) is 15.9 Å². The van der Waals surface area contributed by atoms with Crippen LogP contribution in [0.4, 0.5) is 0 Å². The first kappa shape index (κ1) is 20.1. The molecule has 0 spiro atoms. The number of amides is 1. The average molecular weight is 379 g/mol. The first-order valence-corrected chi connectivity index (χ1v) is 9.89. The molecule has 26 heavy (non-hydrogen) atoms. The molecule has 0 radical (unpaired) electrons. The molecule has 2 atom stereocenters. The van der Waals surface area contributed by atoms with Crippen molar-refractivity contribution in [3.05, 3.63) is 41.0 Å². The highest BCUT2D eigenvalue weighted by Gasteiger charge is 2.33. The van der Waals surface area contributed by atoms with Crippen LogP contribution in [0.5, 0.6) is 0 Å². The lowest BCUT2D eigenvalue weighted by Gasteiger charge is -2.32. The van der Waals surface area contributed by atoms with Gasteiger partial charge in [0.25, 0.3) is 0 Å². The van der Waals surface area contributed by atoms with Gasteiger partial charge in [0, 0.05) is 24.3 Å². The van der Waals surface area contributed by atoms with E-state index in [-0.39, 0.29) is 10.8 Å². The molecule has 1 aliphatic carbocycles. The maximum absolute atomic E-state index is 12.4. The summed E-state index contributed by atoms with van der Waals surface area (Å²) < 4.78 is 22.4. The van der Waals surface area contributed by atoms with E-state index in [2.05, 4.69) is 5.32 Å². The molecule has 2 rings (SSSR count). The maximum Gasteiger partial charge on any atom is 0.238 e. The number of nitrogens with two attached hydrogens (primary N) is 1. The quantitative estimate of drug-likeness (QED) is 0.678. The lowest BCUT2D eigenvalue weighted by Crippen LogP contribution is -2.45. The Balaban J connectivity index is 1.94. The summed E-state index contributed by atoms with van der Waals surface area (Å²) >= 11 is 0. The normalized spacial score (nSPS) is 20.7. The number of primary sulfonamides is 1. The third kappa shape index (κ3) is 4.92. The van der Waals surface area contributed by atoms with Gasteiger partial charge in [-0.1, -0.05) is 23.3 Å². The standard InChI is InChI=1S/C18H24N2O5S/c1-11-9-15(16(18(22)23)10-12(11)2)17(21)20-8-7-13-3-5-14(6-4-13)26(19,24)25/h3-6,15-16H,7-10H2,1-2H3,(H,20,21)(H,22,23)(H2,19,24,25)/p-1/t15-,16+/m0/s1. The fraction of sp³-hybridized carbons (Fsp3) is 0.444. The van der Waals surface area contributed by atoms with Gasteiger partial charge in [0.05, 0.1) is 4.90 Å². The molecule has 0 fully saturated rings. The van der Waals surface area contributed by atoms with Gasteiger partial charge in [-0.2, -0.15) is 0 Å². The van der Waals surface area contributed by atoms with Gasteiger partial charge in [-0.25, -0.2) is 13.6 Å². The molecule has 8 heteroatoms. The molecule has 7 nitrogen and oxygen atoms in total. The van der Waals surface area contributed by atoms with Gasteiger partial charge in [-0.15, -0.1) is 0 Å². The number of sulfonamides is 1. The molecule has 0 aliphatic heterocycles. The minimum atomic E-state index is -3.73. The van der Waals surface area contributed by atoms with E-state index in [1.807, 2.05) is 13.8 Å². The van der Waals surface area contributed by atoms with E-state index in [1.54, 1.807) is 12.1 Å². The van der Waals surface area contributed by atoms with Crippen molar-refractivity contribution in [1.82, 2.24) is 5.32 Å².